The van der Waals surface area contributed by atoms with Crippen LogP contribution < -0.4 is 9.47 Å². The monoisotopic (exact) mass is 441 g/mol. The van der Waals surface area contributed by atoms with Crippen molar-refractivity contribution < 1.29 is 29.3 Å². The molecule has 0 aromatic heterocycles. The van der Waals surface area contributed by atoms with Gasteiger partial charge < -0.3 is 19.7 Å². The molecule has 2 aromatic rings. The largest absolute Gasteiger partial charge is 0.493 e. The Hall–Kier alpha value is -3.06. The highest BCUT2D eigenvalue weighted by atomic mass is 16.5. The minimum absolute atomic E-state index is 0.0365. The molecule has 1 aliphatic heterocycles. The van der Waals surface area contributed by atoms with Gasteiger partial charge in [-0.3, -0.25) is 14.5 Å². The van der Waals surface area contributed by atoms with Gasteiger partial charge in [0.1, 0.15) is 0 Å². The van der Waals surface area contributed by atoms with Gasteiger partial charge in [-0.25, -0.2) is 0 Å². The van der Waals surface area contributed by atoms with E-state index < -0.39 is 17.4 Å². The summed E-state index contributed by atoms with van der Waals surface area (Å²) in [7, 11) is 3.01. The first-order valence-electron chi connectivity index (χ1n) is 10.8. The van der Waals surface area contributed by atoms with E-state index in [1.807, 2.05) is 18.2 Å². The van der Waals surface area contributed by atoms with Crippen LogP contribution in [0.5, 0.6) is 11.5 Å². The molecular weight excluding hydrogens is 410 g/mol. The second kappa shape index (κ2) is 10.5. The lowest BCUT2D eigenvalue weighted by Crippen LogP contribution is -2.45. The van der Waals surface area contributed by atoms with Crippen LogP contribution in [0, 0.1) is 11.3 Å². The van der Waals surface area contributed by atoms with Gasteiger partial charge in [0.2, 0.25) is 0 Å². The van der Waals surface area contributed by atoms with Crippen LogP contribution in [-0.2, 0) is 22.6 Å². The number of carboxylic acids is 2. The number of carbonyl (C=O) groups is 2. The minimum atomic E-state index is -1.88. The Kier molecular flexibility index (Phi) is 7.75. The maximum atomic E-state index is 12.3. The van der Waals surface area contributed by atoms with Crippen molar-refractivity contribution in [2.75, 3.05) is 27.3 Å². The fourth-order valence-electron chi connectivity index (χ4n) is 4.51. The molecule has 0 radical (unpaired) electrons. The highest BCUT2D eigenvalue weighted by molar-refractivity contribution is 5.98. The molecule has 1 fully saturated rings. The van der Waals surface area contributed by atoms with E-state index in [2.05, 4.69) is 17.0 Å². The molecule has 0 bridgehead atoms. The Morgan fingerprint density at radius 3 is 2.12 bits per heavy atom. The molecule has 1 saturated heterocycles. The van der Waals surface area contributed by atoms with Gasteiger partial charge in [0, 0.05) is 6.54 Å². The summed E-state index contributed by atoms with van der Waals surface area (Å²) in [6.45, 7) is 2.50. The molecule has 0 atom stereocenters. The summed E-state index contributed by atoms with van der Waals surface area (Å²) in [5.74, 6) is -1.60. The van der Waals surface area contributed by atoms with Crippen molar-refractivity contribution in [3.8, 4) is 11.5 Å². The van der Waals surface area contributed by atoms with E-state index in [0.29, 0.717) is 17.1 Å². The van der Waals surface area contributed by atoms with Crippen molar-refractivity contribution in [1.82, 2.24) is 4.90 Å². The molecule has 2 aromatic carbocycles. The summed E-state index contributed by atoms with van der Waals surface area (Å²) < 4.78 is 10.5. The van der Waals surface area contributed by atoms with Crippen molar-refractivity contribution in [3.63, 3.8) is 0 Å². The molecule has 7 nitrogen and oxygen atoms in total. The van der Waals surface area contributed by atoms with E-state index in [-0.39, 0.29) is 18.8 Å². The van der Waals surface area contributed by atoms with Crippen LogP contribution in [0.3, 0.4) is 0 Å². The minimum Gasteiger partial charge on any atom is -0.493 e. The summed E-state index contributed by atoms with van der Waals surface area (Å²) in [4.78, 5) is 26.9. The molecule has 0 saturated carbocycles. The van der Waals surface area contributed by atoms with E-state index in [1.165, 1.54) is 19.8 Å². The Morgan fingerprint density at radius 2 is 1.56 bits per heavy atom. The summed E-state index contributed by atoms with van der Waals surface area (Å²) in [5, 5.41) is 20.0. The number of benzene rings is 2. The van der Waals surface area contributed by atoms with Crippen LogP contribution in [0.1, 0.15) is 30.4 Å². The number of ether oxygens (including phenoxy) is 2. The lowest BCUT2D eigenvalue weighted by Gasteiger charge is -2.36. The SMILES string of the molecule is COc1ccc(CC(CC2CCN(Cc3ccccc3)CC2)(C(=O)O)C(=O)O)cc1OC. The zero-order valence-electron chi connectivity index (χ0n) is 18.6. The standard InChI is InChI=1S/C25H31NO6/c1-31-21-9-8-20(14-22(21)32-2)16-25(23(27)28,24(29)30)15-18-10-12-26(13-11-18)17-19-6-4-3-5-7-19/h3-9,14,18H,10-13,15-17H2,1-2H3,(H,27,28)(H,29,30). The summed E-state index contributed by atoms with van der Waals surface area (Å²) >= 11 is 0. The molecule has 0 aliphatic carbocycles. The van der Waals surface area contributed by atoms with Crippen LogP contribution >= 0.6 is 0 Å². The Labute approximate surface area is 188 Å². The maximum Gasteiger partial charge on any atom is 0.321 e. The summed E-state index contributed by atoms with van der Waals surface area (Å²) in [5.41, 5.74) is -0.0509. The Bertz CT molecular complexity index is 907. The molecule has 0 amide bonds. The average Bonchev–Trinajstić information content (AvgIpc) is 2.80. The number of rotatable bonds is 10. The molecule has 1 aliphatic rings. The molecule has 7 heteroatoms. The normalized spacial score (nSPS) is 15.3. The molecule has 32 heavy (non-hydrogen) atoms. The van der Waals surface area contributed by atoms with Crippen molar-refractivity contribution in [3.05, 3.63) is 59.7 Å². The van der Waals surface area contributed by atoms with Crippen LogP contribution in [0.4, 0.5) is 0 Å². The number of hydrogen-bond acceptors (Lipinski definition) is 5. The highest BCUT2D eigenvalue weighted by Gasteiger charge is 2.48. The predicted molar refractivity (Wildman–Crippen MR) is 120 cm³/mol. The quantitative estimate of drug-likeness (QED) is 0.543. The third kappa shape index (κ3) is 5.40. The number of hydrogen-bond donors (Lipinski definition) is 2. The van der Waals surface area contributed by atoms with Gasteiger partial charge in [0.25, 0.3) is 0 Å². The van der Waals surface area contributed by atoms with E-state index in [9.17, 15) is 19.8 Å². The third-order valence-electron chi connectivity index (χ3n) is 6.37. The van der Waals surface area contributed by atoms with Crippen molar-refractivity contribution >= 4 is 11.9 Å². The maximum absolute atomic E-state index is 12.3. The number of aliphatic carboxylic acids is 2. The molecular formula is C25H31NO6. The van der Waals surface area contributed by atoms with Gasteiger partial charge in [-0.15, -0.1) is 0 Å². The molecule has 172 valence electrons. The summed E-state index contributed by atoms with van der Waals surface area (Å²) in [6, 6.07) is 15.2. The van der Waals surface area contributed by atoms with Gasteiger partial charge in [-0.1, -0.05) is 36.4 Å². The van der Waals surface area contributed by atoms with Crippen LogP contribution in [0.25, 0.3) is 0 Å². The first-order chi connectivity index (χ1) is 15.4. The lowest BCUT2D eigenvalue weighted by atomic mass is 9.72. The van der Waals surface area contributed by atoms with Crippen LogP contribution in [-0.4, -0.2) is 54.4 Å². The van der Waals surface area contributed by atoms with Gasteiger partial charge >= 0.3 is 11.9 Å². The van der Waals surface area contributed by atoms with Gasteiger partial charge in [0.05, 0.1) is 14.2 Å². The number of likely N-dealkylation sites (tertiary alicyclic amines) is 1. The number of methoxy groups -OCH3 is 2. The van der Waals surface area contributed by atoms with Gasteiger partial charge in [-0.2, -0.15) is 0 Å². The van der Waals surface area contributed by atoms with Crippen molar-refractivity contribution in [2.45, 2.75) is 32.2 Å². The molecule has 1 heterocycles. The molecule has 2 N–H and O–H groups in total. The van der Waals surface area contributed by atoms with E-state index in [0.717, 1.165) is 32.5 Å². The zero-order valence-corrected chi connectivity index (χ0v) is 18.6. The topological polar surface area (TPSA) is 96.3 Å². The third-order valence-corrected chi connectivity index (χ3v) is 6.37. The highest BCUT2D eigenvalue weighted by Crippen LogP contribution is 2.38. The molecule has 0 unspecified atom stereocenters. The first-order valence-corrected chi connectivity index (χ1v) is 10.8. The fraction of sp³-hybridized carbons (Fsp3) is 0.440. The van der Waals surface area contributed by atoms with Crippen molar-refractivity contribution in [2.24, 2.45) is 11.3 Å². The van der Waals surface area contributed by atoms with Gasteiger partial charge in [0.15, 0.2) is 16.9 Å². The second-order valence-corrected chi connectivity index (χ2v) is 8.47. The fourth-order valence-corrected chi connectivity index (χ4v) is 4.51. The Balaban J connectivity index is 1.71. The lowest BCUT2D eigenvalue weighted by molar-refractivity contribution is -0.166. The average molecular weight is 442 g/mol. The van der Waals surface area contributed by atoms with E-state index in [4.69, 9.17) is 9.47 Å². The Morgan fingerprint density at radius 1 is 0.938 bits per heavy atom. The number of nitrogens with zero attached hydrogens (tertiary/aromatic N) is 1. The number of carboxylic acid groups (broad SMARTS) is 2. The predicted octanol–water partition coefficient (Wildman–Crippen LogP) is 3.70. The zero-order chi connectivity index (χ0) is 23.1. The smallest absolute Gasteiger partial charge is 0.321 e. The molecule has 0 spiro atoms. The van der Waals surface area contributed by atoms with Crippen LogP contribution in [0.15, 0.2) is 48.5 Å². The van der Waals surface area contributed by atoms with E-state index in [1.54, 1.807) is 18.2 Å². The second-order valence-electron chi connectivity index (χ2n) is 8.47. The molecule has 3 rings (SSSR count). The first kappa shape index (κ1) is 23.6. The van der Waals surface area contributed by atoms with Gasteiger partial charge in [-0.05, 0) is 68.0 Å². The number of piperidine rings is 1. The summed E-state index contributed by atoms with van der Waals surface area (Å²) in [6.07, 6.45) is 1.55. The van der Waals surface area contributed by atoms with Crippen molar-refractivity contribution in [1.29, 1.82) is 0 Å². The van der Waals surface area contributed by atoms with Crippen LogP contribution in [0.2, 0.25) is 0 Å². The van der Waals surface area contributed by atoms with E-state index >= 15 is 0 Å².